The summed E-state index contributed by atoms with van der Waals surface area (Å²) in [5, 5.41) is 8.08. The minimum Gasteiger partial charge on any atom is -0.311 e. The van der Waals surface area contributed by atoms with Gasteiger partial charge >= 0.3 is 0 Å². The highest BCUT2D eigenvalue weighted by Crippen LogP contribution is 2.29. The zero-order valence-electron chi connectivity index (χ0n) is 13.0. The SMILES string of the molecule is CC(C)(C)NCC(CCc1ccsc1)c1ccccc1Br. The highest BCUT2D eigenvalue weighted by Gasteiger charge is 2.17. The predicted molar refractivity (Wildman–Crippen MR) is 97.3 cm³/mol. The minimum atomic E-state index is 0.155. The normalized spacial score (nSPS) is 13.3. The van der Waals surface area contributed by atoms with Crippen LogP contribution >= 0.6 is 27.3 Å². The second-order valence-corrected chi connectivity index (χ2v) is 8.15. The summed E-state index contributed by atoms with van der Waals surface area (Å²) in [6.07, 6.45) is 2.31. The van der Waals surface area contributed by atoms with E-state index in [0.717, 1.165) is 13.0 Å². The monoisotopic (exact) mass is 365 g/mol. The molecule has 0 aliphatic heterocycles. The van der Waals surface area contributed by atoms with Gasteiger partial charge in [-0.15, -0.1) is 0 Å². The highest BCUT2D eigenvalue weighted by molar-refractivity contribution is 9.10. The molecule has 1 N–H and O–H groups in total. The molecular weight excluding hydrogens is 342 g/mol. The fraction of sp³-hybridized carbons (Fsp3) is 0.444. The van der Waals surface area contributed by atoms with Crippen molar-refractivity contribution in [1.29, 1.82) is 0 Å². The number of rotatable bonds is 6. The number of benzene rings is 1. The summed E-state index contributed by atoms with van der Waals surface area (Å²) in [6.45, 7) is 7.69. The van der Waals surface area contributed by atoms with Gasteiger partial charge in [0, 0.05) is 16.6 Å². The molecule has 2 rings (SSSR count). The maximum atomic E-state index is 3.71. The fourth-order valence-corrected chi connectivity index (χ4v) is 3.69. The van der Waals surface area contributed by atoms with Gasteiger partial charge in [0.25, 0.3) is 0 Å². The van der Waals surface area contributed by atoms with E-state index in [-0.39, 0.29) is 5.54 Å². The van der Waals surface area contributed by atoms with Crippen LogP contribution in [0.1, 0.15) is 44.2 Å². The zero-order chi connectivity index (χ0) is 15.3. The van der Waals surface area contributed by atoms with Gasteiger partial charge in [-0.2, -0.15) is 11.3 Å². The van der Waals surface area contributed by atoms with Gasteiger partial charge in [-0.05, 0) is 73.6 Å². The zero-order valence-corrected chi connectivity index (χ0v) is 15.4. The van der Waals surface area contributed by atoms with Gasteiger partial charge in [-0.3, -0.25) is 0 Å². The fourth-order valence-electron chi connectivity index (χ4n) is 2.38. The number of thiophene rings is 1. The molecular formula is C18H24BrNS. The molecule has 114 valence electrons. The van der Waals surface area contributed by atoms with Gasteiger partial charge in [0.05, 0.1) is 0 Å². The highest BCUT2D eigenvalue weighted by atomic mass is 79.9. The first-order valence-corrected chi connectivity index (χ1v) is 9.20. The molecule has 1 atom stereocenters. The summed E-state index contributed by atoms with van der Waals surface area (Å²) in [7, 11) is 0. The third-order valence-electron chi connectivity index (χ3n) is 3.59. The van der Waals surface area contributed by atoms with E-state index in [1.165, 1.54) is 22.0 Å². The largest absolute Gasteiger partial charge is 0.311 e. The van der Waals surface area contributed by atoms with Crippen LogP contribution in [0.3, 0.4) is 0 Å². The van der Waals surface area contributed by atoms with Crippen molar-refractivity contribution < 1.29 is 0 Å². The number of halogens is 1. The summed E-state index contributed by atoms with van der Waals surface area (Å²) in [6, 6.07) is 10.8. The van der Waals surface area contributed by atoms with Crippen LogP contribution in [0.4, 0.5) is 0 Å². The molecule has 1 unspecified atom stereocenters. The maximum absolute atomic E-state index is 3.71. The minimum absolute atomic E-state index is 0.155. The van der Waals surface area contributed by atoms with Crippen LogP contribution in [0.2, 0.25) is 0 Å². The van der Waals surface area contributed by atoms with Crippen molar-refractivity contribution in [3.63, 3.8) is 0 Å². The van der Waals surface area contributed by atoms with E-state index >= 15 is 0 Å². The average molecular weight is 366 g/mol. The number of nitrogens with one attached hydrogen (secondary N) is 1. The van der Waals surface area contributed by atoms with E-state index in [1.807, 2.05) is 0 Å². The van der Waals surface area contributed by atoms with Crippen molar-refractivity contribution in [2.75, 3.05) is 6.54 Å². The van der Waals surface area contributed by atoms with E-state index in [1.54, 1.807) is 11.3 Å². The van der Waals surface area contributed by atoms with Gasteiger partial charge < -0.3 is 5.32 Å². The molecule has 1 nitrogen and oxygen atoms in total. The number of hydrogen-bond donors (Lipinski definition) is 1. The van der Waals surface area contributed by atoms with E-state index in [2.05, 4.69) is 83.1 Å². The van der Waals surface area contributed by atoms with Gasteiger partial charge in [0.2, 0.25) is 0 Å². The Morgan fingerprint density at radius 3 is 2.57 bits per heavy atom. The molecule has 0 aliphatic rings. The first-order valence-electron chi connectivity index (χ1n) is 7.46. The Labute approximate surface area is 140 Å². The molecule has 0 amide bonds. The first-order chi connectivity index (χ1) is 9.96. The Hall–Kier alpha value is -0.640. The second-order valence-electron chi connectivity index (χ2n) is 6.52. The average Bonchev–Trinajstić information content (AvgIpc) is 2.92. The van der Waals surface area contributed by atoms with Crippen molar-refractivity contribution in [3.8, 4) is 0 Å². The summed E-state index contributed by atoms with van der Waals surface area (Å²) >= 11 is 5.49. The van der Waals surface area contributed by atoms with Crippen LogP contribution in [0.25, 0.3) is 0 Å². The van der Waals surface area contributed by atoms with E-state index < -0.39 is 0 Å². The molecule has 1 heterocycles. The van der Waals surface area contributed by atoms with Gasteiger partial charge in [0.15, 0.2) is 0 Å². The van der Waals surface area contributed by atoms with Crippen molar-refractivity contribution in [1.82, 2.24) is 5.32 Å². The lowest BCUT2D eigenvalue weighted by molar-refractivity contribution is 0.399. The molecule has 1 aromatic carbocycles. The Kier molecular flexibility index (Phi) is 6.03. The van der Waals surface area contributed by atoms with Crippen LogP contribution in [0.15, 0.2) is 45.6 Å². The number of hydrogen-bond acceptors (Lipinski definition) is 2. The molecule has 21 heavy (non-hydrogen) atoms. The van der Waals surface area contributed by atoms with Gasteiger partial charge in [0.1, 0.15) is 0 Å². The molecule has 0 radical (unpaired) electrons. The third-order valence-corrected chi connectivity index (χ3v) is 5.04. The molecule has 0 spiro atoms. The molecule has 0 fully saturated rings. The van der Waals surface area contributed by atoms with Crippen molar-refractivity contribution in [2.24, 2.45) is 0 Å². The molecule has 3 heteroatoms. The lowest BCUT2D eigenvalue weighted by Gasteiger charge is -2.26. The van der Waals surface area contributed by atoms with Crippen LogP contribution in [-0.4, -0.2) is 12.1 Å². The van der Waals surface area contributed by atoms with Gasteiger partial charge in [-0.1, -0.05) is 34.1 Å². The molecule has 2 aromatic rings. The predicted octanol–water partition coefficient (Wildman–Crippen LogP) is 5.62. The maximum Gasteiger partial charge on any atom is 0.0210 e. The Bertz CT molecular complexity index is 543. The van der Waals surface area contributed by atoms with E-state index in [4.69, 9.17) is 0 Å². The molecule has 0 saturated carbocycles. The van der Waals surface area contributed by atoms with Crippen molar-refractivity contribution in [2.45, 2.75) is 45.1 Å². The summed E-state index contributed by atoms with van der Waals surface area (Å²) < 4.78 is 1.22. The van der Waals surface area contributed by atoms with Crippen molar-refractivity contribution in [3.05, 3.63) is 56.7 Å². The first kappa shape index (κ1) is 16.7. The second kappa shape index (κ2) is 7.57. The molecule has 0 bridgehead atoms. The standard InChI is InChI=1S/C18H24BrNS/c1-18(2,3)20-12-15(9-8-14-10-11-21-13-14)16-6-4-5-7-17(16)19/h4-7,10-11,13,15,20H,8-9,12H2,1-3H3. The lowest BCUT2D eigenvalue weighted by atomic mass is 9.92. The summed E-state index contributed by atoms with van der Waals surface area (Å²) in [4.78, 5) is 0. The van der Waals surface area contributed by atoms with E-state index in [9.17, 15) is 0 Å². The van der Waals surface area contributed by atoms with Crippen LogP contribution in [0, 0.1) is 0 Å². The smallest absolute Gasteiger partial charge is 0.0210 e. The van der Waals surface area contributed by atoms with Gasteiger partial charge in [-0.25, -0.2) is 0 Å². The van der Waals surface area contributed by atoms with E-state index in [0.29, 0.717) is 5.92 Å². The van der Waals surface area contributed by atoms with Crippen LogP contribution in [-0.2, 0) is 6.42 Å². The van der Waals surface area contributed by atoms with Crippen LogP contribution in [0.5, 0.6) is 0 Å². The molecule has 1 aromatic heterocycles. The molecule has 0 aliphatic carbocycles. The third kappa shape index (κ3) is 5.57. The quantitative estimate of drug-likeness (QED) is 0.700. The Morgan fingerprint density at radius 2 is 1.95 bits per heavy atom. The lowest BCUT2D eigenvalue weighted by Crippen LogP contribution is -2.38. The summed E-state index contributed by atoms with van der Waals surface area (Å²) in [5.41, 5.74) is 3.01. The van der Waals surface area contributed by atoms with Crippen LogP contribution < -0.4 is 5.32 Å². The topological polar surface area (TPSA) is 12.0 Å². The molecule has 0 saturated heterocycles. The summed E-state index contributed by atoms with van der Waals surface area (Å²) in [5.74, 6) is 0.527. The Morgan fingerprint density at radius 1 is 1.19 bits per heavy atom. The number of aryl methyl sites for hydroxylation is 1. The Balaban J connectivity index is 2.08. The van der Waals surface area contributed by atoms with Crippen molar-refractivity contribution >= 4 is 27.3 Å².